The fourth-order valence-electron chi connectivity index (χ4n) is 3.12. The standard InChI is InChI=1S/C18H29FN2/c1-2-12-20-18(16-9-5-6-10-17(16)19)11-15-21-13-7-3-4-8-14-21/h5-6,9-10,18,20H,2-4,7-8,11-15H2,1H3. The topological polar surface area (TPSA) is 15.3 Å². The molecule has 0 bridgehead atoms. The molecule has 1 aromatic rings. The average molecular weight is 292 g/mol. The molecule has 0 amide bonds. The van der Waals surface area contributed by atoms with E-state index in [-0.39, 0.29) is 11.9 Å². The van der Waals surface area contributed by atoms with Gasteiger partial charge in [0.1, 0.15) is 5.82 Å². The molecular formula is C18H29FN2. The van der Waals surface area contributed by atoms with Gasteiger partial charge in [-0.15, -0.1) is 0 Å². The number of hydrogen-bond donors (Lipinski definition) is 1. The van der Waals surface area contributed by atoms with Crippen molar-refractivity contribution in [3.63, 3.8) is 0 Å². The molecule has 1 saturated heterocycles. The third-order valence-electron chi connectivity index (χ3n) is 4.35. The van der Waals surface area contributed by atoms with E-state index >= 15 is 0 Å². The third kappa shape index (κ3) is 5.40. The fraction of sp³-hybridized carbons (Fsp3) is 0.667. The Labute approximate surface area is 128 Å². The number of nitrogens with zero attached hydrogens (tertiary/aromatic N) is 1. The summed E-state index contributed by atoms with van der Waals surface area (Å²) < 4.78 is 14.0. The molecule has 1 atom stereocenters. The molecule has 2 nitrogen and oxygen atoms in total. The predicted octanol–water partition coefficient (Wildman–Crippen LogP) is 4.13. The molecule has 0 spiro atoms. The molecular weight excluding hydrogens is 263 g/mol. The van der Waals surface area contributed by atoms with Crippen LogP contribution < -0.4 is 5.32 Å². The van der Waals surface area contributed by atoms with Crippen LogP contribution in [0.4, 0.5) is 4.39 Å². The zero-order valence-corrected chi connectivity index (χ0v) is 13.3. The van der Waals surface area contributed by atoms with Crippen molar-refractivity contribution < 1.29 is 4.39 Å². The number of nitrogens with one attached hydrogen (secondary N) is 1. The summed E-state index contributed by atoms with van der Waals surface area (Å²) in [6.07, 6.45) is 7.41. The Hall–Kier alpha value is -0.930. The predicted molar refractivity (Wildman–Crippen MR) is 87.0 cm³/mol. The second kappa shape index (κ2) is 9.16. The smallest absolute Gasteiger partial charge is 0.127 e. The normalized spacial score (nSPS) is 18.4. The van der Waals surface area contributed by atoms with Crippen LogP contribution in [0.5, 0.6) is 0 Å². The molecule has 1 aliphatic rings. The minimum Gasteiger partial charge on any atom is -0.310 e. The summed E-state index contributed by atoms with van der Waals surface area (Å²) in [5.41, 5.74) is 0.820. The van der Waals surface area contributed by atoms with E-state index in [1.165, 1.54) is 38.8 Å². The quantitative estimate of drug-likeness (QED) is 0.813. The number of halogens is 1. The lowest BCUT2D eigenvalue weighted by Gasteiger charge is -2.25. The van der Waals surface area contributed by atoms with Gasteiger partial charge in [0.05, 0.1) is 0 Å². The van der Waals surface area contributed by atoms with Gasteiger partial charge in [-0.3, -0.25) is 0 Å². The molecule has 1 fully saturated rings. The molecule has 0 aromatic heterocycles. The molecule has 21 heavy (non-hydrogen) atoms. The highest BCUT2D eigenvalue weighted by Crippen LogP contribution is 2.21. The van der Waals surface area contributed by atoms with Crippen molar-refractivity contribution in [2.45, 2.75) is 51.5 Å². The second-order valence-corrected chi connectivity index (χ2v) is 6.07. The van der Waals surface area contributed by atoms with E-state index in [1.54, 1.807) is 12.1 Å². The summed E-state index contributed by atoms with van der Waals surface area (Å²) in [5, 5.41) is 3.52. The maximum absolute atomic E-state index is 14.0. The first-order valence-electron chi connectivity index (χ1n) is 8.51. The summed E-state index contributed by atoms with van der Waals surface area (Å²) in [4.78, 5) is 2.55. The van der Waals surface area contributed by atoms with Crippen LogP contribution in [-0.2, 0) is 0 Å². The molecule has 1 heterocycles. The Morgan fingerprint density at radius 1 is 1.14 bits per heavy atom. The van der Waals surface area contributed by atoms with Crippen LogP contribution in [0.25, 0.3) is 0 Å². The maximum atomic E-state index is 14.0. The lowest BCUT2D eigenvalue weighted by atomic mass is 10.0. The molecule has 0 saturated carbocycles. The van der Waals surface area contributed by atoms with Gasteiger partial charge in [0.2, 0.25) is 0 Å². The van der Waals surface area contributed by atoms with Crippen molar-refractivity contribution in [3.8, 4) is 0 Å². The maximum Gasteiger partial charge on any atom is 0.127 e. The lowest BCUT2D eigenvalue weighted by molar-refractivity contribution is 0.265. The highest BCUT2D eigenvalue weighted by atomic mass is 19.1. The van der Waals surface area contributed by atoms with Gasteiger partial charge in [-0.1, -0.05) is 38.0 Å². The molecule has 1 aliphatic heterocycles. The van der Waals surface area contributed by atoms with Gasteiger partial charge >= 0.3 is 0 Å². The van der Waals surface area contributed by atoms with Crippen LogP contribution in [0.3, 0.4) is 0 Å². The van der Waals surface area contributed by atoms with Gasteiger partial charge in [0.15, 0.2) is 0 Å². The first kappa shape index (κ1) is 16.4. The Morgan fingerprint density at radius 2 is 1.86 bits per heavy atom. The van der Waals surface area contributed by atoms with Gasteiger partial charge < -0.3 is 10.2 Å². The summed E-state index contributed by atoms with van der Waals surface area (Å²) >= 11 is 0. The molecule has 1 N–H and O–H groups in total. The Kier molecular flexibility index (Phi) is 7.17. The van der Waals surface area contributed by atoms with Gasteiger partial charge in [-0.05, 0) is 57.9 Å². The molecule has 3 heteroatoms. The van der Waals surface area contributed by atoms with Crippen LogP contribution in [0, 0.1) is 5.82 Å². The number of hydrogen-bond acceptors (Lipinski definition) is 2. The largest absolute Gasteiger partial charge is 0.310 e. The van der Waals surface area contributed by atoms with Crippen LogP contribution in [0.2, 0.25) is 0 Å². The summed E-state index contributed by atoms with van der Waals surface area (Å²) in [6.45, 7) is 6.57. The Bertz CT molecular complexity index is 400. The van der Waals surface area contributed by atoms with Crippen molar-refractivity contribution >= 4 is 0 Å². The van der Waals surface area contributed by atoms with Crippen molar-refractivity contribution in [1.82, 2.24) is 10.2 Å². The molecule has 1 unspecified atom stereocenters. The van der Waals surface area contributed by atoms with E-state index in [9.17, 15) is 4.39 Å². The molecule has 1 aromatic carbocycles. The summed E-state index contributed by atoms with van der Waals surface area (Å²) in [7, 11) is 0. The van der Waals surface area contributed by atoms with Crippen LogP contribution in [0.1, 0.15) is 57.1 Å². The van der Waals surface area contributed by atoms with Crippen molar-refractivity contribution in [3.05, 3.63) is 35.6 Å². The van der Waals surface area contributed by atoms with Gasteiger partial charge in [-0.2, -0.15) is 0 Å². The Morgan fingerprint density at radius 3 is 2.52 bits per heavy atom. The van der Waals surface area contributed by atoms with E-state index in [4.69, 9.17) is 0 Å². The first-order chi connectivity index (χ1) is 10.3. The SMILES string of the molecule is CCCNC(CCN1CCCCCC1)c1ccccc1F. The van der Waals surface area contributed by atoms with E-state index in [0.717, 1.165) is 31.5 Å². The number of rotatable bonds is 7. The molecule has 0 aliphatic carbocycles. The van der Waals surface area contributed by atoms with Crippen molar-refractivity contribution in [2.24, 2.45) is 0 Å². The summed E-state index contributed by atoms with van der Waals surface area (Å²) in [6, 6.07) is 7.33. The average Bonchev–Trinajstić information content (AvgIpc) is 2.77. The van der Waals surface area contributed by atoms with Gasteiger partial charge in [0.25, 0.3) is 0 Å². The lowest BCUT2D eigenvalue weighted by Crippen LogP contribution is -2.31. The zero-order valence-electron chi connectivity index (χ0n) is 13.3. The van der Waals surface area contributed by atoms with Crippen molar-refractivity contribution in [2.75, 3.05) is 26.2 Å². The fourth-order valence-corrected chi connectivity index (χ4v) is 3.12. The number of likely N-dealkylation sites (tertiary alicyclic amines) is 1. The first-order valence-corrected chi connectivity index (χ1v) is 8.51. The van der Waals surface area contributed by atoms with Crippen LogP contribution in [0.15, 0.2) is 24.3 Å². The second-order valence-electron chi connectivity index (χ2n) is 6.07. The zero-order chi connectivity index (χ0) is 14.9. The van der Waals surface area contributed by atoms with Crippen molar-refractivity contribution in [1.29, 1.82) is 0 Å². The summed E-state index contributed by atoms with van der Waals surface area (Å²) in [5.74, 6) is -0.0815. The molecule has 2 rings (SSSR count). The minimum atomic E-state index is -0.0815. The van der Waals surface area contributed by atoms with Gasteiger partial charge in [0, 0.05) is 11.6 Å². The highest BCUT2D eigenvalue weighted by Gasteiger charge is 2.17. The van der Waals surface area contributed by atoms with Gasteiger partial charge in [-0.25, -0.2) is 4.39 Å². The van der Waals surface area contributed by atoms with Crippen LogP contribution >= 0.6 is 0 Å². The number of benzene rings is 1. The third-order valence-corrected chi connectivity index (χ3v) is 4.35. The van der Waals surface area contributed by atoms with E-state index in [2.05, 4.69) is 17.1 Å². The highest BCUT2D eigenvalue weighted by molar-refractivity contribution is 5.21. The molecule has 0 radical (unpaired) electrons. The minimum absolute atomic E-state index is 0.0815. The van der Waals surface area contributed by atoms with E-state index in [0.29, 0.717) is 0 Å². The monoisotopic (exact) mass is 292 g/mol. The van der Waals surface area contributed by atoms with Crippen LogP contribution in [-0.4, -0.2) is 31.1 Å². The van der Waals surface area contributed by atoms with E-state index in [1.807, 2.05) is 12.1 Å². The van der Waals surface area contributed by atoms with E-state index < -0.39 is 0 Å². The Balaban J connectivity index is 1.94. The molecule has 118 valence electrons.